The number of carbonyl (C=O) groups excluding carboxylic acids is 1. The fraction of sp³-hybridized carbons (Fsp3) is 0.588. The summed E-state index contributed by atoms with van der Waals surface area (Å²) in [5.41, 5.74) is 0.328. The van der Waals surface area contributed by atoms with Gasteiger partial charge in [-0.1, -0.05) is 12.8 Å². The third-order valence-electron chi connectivity index (χ3n) is 4.29. The van der Waals surface area contributed by atoms with Crippen molar-refractivity contribution in [3.05, 3.63) is 18.2 Å². The van der Waals surface area contributed by atoms with E-state index in [0.29, 0.717) is 30.3 Å². The summed E-state index contributed by atoms with van der Waals surface area (Å²) < 4.78 is 36.2. The topological polar surface area (TPSA) is 76.2 Å². The molecule has 0 saturated carbocycles. The molecule has 0 unspecified atom stereocenters. The third-order valence-corrected chi connectivity index (χ3v) is 5.42. The van der Waals surface area contributed by atoms with Crippen LogP contribution in [0.2, 0.25) is 0 Å². The largest absolute Gasteiger partial charge is 0.497 e. The molecular formula is C17H26N2O5S. The number of hydrogen-bond acceptors (Lipinski definition) is 5. The lowest BCUT2D eigenvalue weighted by molar-refractivity contribution is -0.129. The first-order valence-electron chi connectivity index (χ1n) is 8.34. The Morgan fingerprint density at radius 1 is 1.12 bits per heavy atom. The average molecular weight is 370 g/mol. The van der Waals surface area contributed by atoms with Crippen LogP contribution in [0.5, 0.6) is 11.5 Å². The Morgan fingerprint density at radius 2 is 1.76 bits per heavy atom. The highest BCUT2D eigenvalue weighted by Crippen LogP contribution is 2.33. The predicted molar refractivity (Wildman–Crippen MR) is 96.8 cm³/mol. The first-order valence-corrected chi connectivity index (χ1v) is 10.2. The summed E-state index contributed by atoms with van der Waals surface area (Å²) in [6.45, 7) is 1.12. The molecule has 0 spiro atoms. The van der Waals surface area contributed by atoms with Gasteiger partial charge < -0.3 is 14.4 Å². The highest BCUT2D eigenvalue weighted by atomic mass is 32.2. The van der Waals surface area contributed by atoms with E-state index in [0.717, 1.165) is 36.2 Å². The van der Waals surface area contributed by atoms with E-state index in [1.54, 1.807) is 23.1 Å². The lowest BCUT2D eigenvalue weighted by atomic mass is 10.2. The van der Waals surface area contributed by atoms with Gasteiger partial charge in [0, 0.05) is 19.2 Å². The first-order chi connectivity index (χ1) is 11.9. The number of methoxy groups -OCH3 is 2. The number of nitrogens with zero attached hydrogens (tertiary/aromatic N) is 2. The molecule has 1 aliphatic heterocycles. The fourth-order valence-electron chi connectivity index (χ4n) is 2.91. The van der Waals surface area contributed by atoms with E-state index in [2.05, 4.69) is 0 Å². The molecule has 1 amide bonds. The number of amides is 1. The molecule has 7 nitrogen and oxygen atoms in total. The summed E-state index contributed by atoms with van der Waals surface area (Å²) in [6, 6.07) is 4.84. The van der Waals surface area contributed by atoms with Crippen molar-refractivity contribution in [3.63, 3.8) is 0 Å². The van der Waals surface area contributed by atoms with Crippen LogP contribution in [0, 0.1) is 0 Å². The van der Waals surface area contributed by atoms with Crippen LogP contribution in [-0.4, -0.2) is 59.3 Å². The van der Waals surface area contributed by atoms with Crippen molar-refractivity contribution in [2.45, 2.75) is 25.7 Å². The van der Waals surface area contributed by atoms with Gasteiger partial charge in [0.1, 0.15) is 18.0 Å². The molecule has 0 aromatic heterocycles. The maximum Gasteiger partial charge on any atom is 0.243 e. The van der Waals surface area contributed by atoms with E-state index in [4.69, 9.17) is 9.47 Å². The number of benzene rings is 1. The first kappa shape index (κ1) is 19.4. The molecule has 0 N–H and O–H groups in total. The molecule has 2 rings (SSSR count). The summed E-state index contributed by atoms with van der Waals surface area (Å²) >= 11 is 0. The minimum Gasteiger partial charge on any atom is -0.497 e. The van der Waals surface area contributed by atoms with Crippen LogP contribution in [0.25, 0.3) is 0 Å². The quantitative estimate of drug-likeness (QED) is 0.764. The number of hydrogen-bond donors (Lipinski definition) is 0. The average Bonchev–Trinajstić information content (AvgIpc) is 2.87. The van der Waals surface area contributed by atoms with Crippen molar-refractivity contribution in [3.8, 4) is 11.5 Å². The zero-order chi connectivity index (χ0) is 18.4. The molecule has 1 aromatic carbocycles. The van der Waals surface area contributed by atoms with Crippen LogP contribution in [0.1, 0.15) is 25.7 Å². The lowest BCUT2D eigenvalue weighted by Gasteiger charge is -2.27. The molecule has 25 heavy (non-hydrogen) atoms. The van der Waals surface area contributed by atoms with Crippen LogP contribution in [-0.2, 0) is 14.8 Å². The molecular weight excluding hydrogens is 344 g/mol. The molecule has 1 aliphatic rings. The Labute approximate surface area is 149 Å². The van der Waals surface area contributed by atoms with Gasteiger partial charge in [0.15, 0.2) is 0 Å². The minimum absolute atomic E-state index is 0.190. The molecule has 1 aromatic rings. The molecule has 1 heterocycles. The Kier molecular flexibility index (Phi) is 6.52. The summed E-state index contributed by atoms with van der Waals surface area (Å²) in [7, 11) is -0.675. The van der Waals surface area contributed by atoms with Gasteiger partial charge in [-0.2, -0.15) is 0 Å². The zero-order valence-corrected chi connectivity index (χ0v) is 15.8. The molecule has 140 valence electrons. The van der Waals surface area contributed by atoms with Gasteiger partial charge in [-0.15, -0.1) is 0 Å². The summed E-state index contributed by atoms with van der Waals surface area (Å²) in [5, 5.41) is 0. The molecule has 0 radical (unpaired) electrons. The number of likely N-dealkylation sites (tertiary alicyclic amines) is 1. The van der Waals surface area contributed by atoms with Gasteiger partial charge in [-0.05, 0) is 25.0 Å². The molecule has 0 aliphatic carbocycles. The maximum atomic E-state index is 12.7. The Bertz CT molecular complexity index is 697. The standard InChI is InChI=1S/C17H26N2O5S/c1-23-14-8-9-15(16(12-14)24-2)19(25(3,21)22)13-17(20)18-10-6-4-5-7-11-18/h8-9,12H,4-7,10-11,13H2,1-3H3. The van der Waals surface area contributed by atoms with Crippen LogP contribution >= 0.6 is 0 Å². The van der Waals surface area contributed by atoms with E-state index in [9.17, 15) is 13.2 Å². The Morgan fingerprint density at radius 3 is 2.28 bits per heavy atom. The molecule has 1 saturated heterocycles. The summed E-state index contributed by atoms with van der Waals surface area (Å²) in [4.78, 5) is 14.4. The molecule has 1 fully saturated rings. The van der Waals surface area contributed by atoms with E-state index >= 15 is 0 Å². The summed E-state index contributed by atoms with van der Waals surface area (Å²) in [5.74, 6) is 0.700. The number of sulfonamides is 1. The zero-order valence-electron chi connectivity index (χ0n) is 15.0. The summed E-state index contributed by atoms with van der Waals surface area (Å²) in [6.07, 6.45) is 5.21. The minimum atomic E-state index is -3.65. The van der Waals surface area contributed by atoms with Gasteiger partial charge >= 0.3 is 0 Å². The van der Waals surface area contributed by atoms with Gasteiger partial charge in [0.25, 0.3) is 0 Å². The highest BCUT2D eigenvalue weighted by molar-refractivity contribution is 7.92. The Balaban J connectivity index is 2.29. The second kappa shape index (κ2) is 8.42. The van der Waals surface area contributed by atoms with E-state index in [1.165, 1.54) is 14.2 Å². The second-order valence-corrected chi connectivity index (χ2v) is 8.01. The van der Waals surface area contributed by atoms with E-state index in [-0.39, 0.29) is 12.5 Å². The monoisotopic (exact) mass is 370 g/mol. The van der Waals surface area contributed by atoms with Crippen molar-refractivity contribution >= 4 is 21.6 Å². The second-order valence-electron chi connectivity index (χ2n) is 6.10. The van der Waals surface area contributed by atoms with Crippen molar-refractivity contribution in [1.29, 1.82) is 0 Å². The van der Waals surface area contributed by atoms with E-state index < -0.39 is 10.0 Å². The van der Waals surface area contributed by atoms with Crippen LogP contribution < -0.4 is 13.8 Å². The van der Waals surface area contributed by atoms with Gasteiger partial charge in [-0.3, -0.25) is 9.10 Å². The van der Waals surface area contributed by atoms with Crippen molar-refractivity contribution < 1.29 is 22.7 Å². The van der Waals surface area contributed by atoms with Crippen LogP contribution in [0.4, 0.5) is 5.69 Å². The third kappa shape index (κ3) is 5.01. The predicted octanol–water partition coefficient (Wildman–Crippen LogP) is 1.87. The molecule has 8 heteroatoms. The molecule has 0 atom stereocenters. The fourth-order valence-corrected chi connectivity index (χ4v) is 3.77. The number of rotatable bonds is 6. The van der Waals surface area contributed by atoms with Crippen LogP contribution in [0.15, 0.2) is 18.2 Å². The van der Waals surface area contributed by atoms with Crippen molar-refractivity contribution in [1.82, 2.24) is 4.90 Å². The number of anilines is 1. The normalized spacial score (nSPS) is 15.4. The lowest BCUT2D eigenvalue weighted by Crippen LogP contribution is -2.43. The number of ether oxygens (including phenoxy) is 2. The van der Waals surface area contributed by atoms with Gasteiger partial charge in [0.2, 0.25) is 15.9 Å². The van der Waals surface area contributed by atoms with Crippen molar-refractivity contribution in [2.24, 2.45) is 0 Å². The van der Waals surface area contributed by atoms with Gasteiger partial charge in [0.05, 0.1) is 26.2 Å². The van der Waals surface area contributed by atoms with E-state index in [1.807, 2.05) is 0 Å². The van der Waals surface area contributed by atoms with Crippen molar-refractivity contribution in [2.75, 3.05) is 44.4 Å². The van der Waals surface area contributed by atoms with Gasteiger partial charge in [-0.25, -0.2) is 8.42 Å². The Hall–Kier alpha value is -1.96. The smallest absolute Gasteiger partial charge is 0.243 e. The SMILES string of the molecule is COc1ccc(N(CC(=O)N2CCCCCC2)S(C)(=O)=O)c(OC)c1. The highest BCUT2D eigenvalue weighted by Gasteiger charge is 2.27. The van der Waals surface area contributed by atoms with Crippen LogP contribution in [0.3, 0.4) is 0 Å². The molecule has 0 bridgehead atoms. The maximum absolute atomic E-state index is 12.7. The number of carbonyl (C=O) groups is 1.